The van der Waals surface area contributed by atoms with Crippen LogP contribution in [0, 0.1) is 11.8 Å². The summed E-state index contributed by atoms with van der Waals surface area (Å²) in [5.74, 6) is 1.11. The summed E-state index contributed by atoms with van der Waals surface area (Å²) in [6.07, 6.45) is 9.56. The minimum atomic E-state index is -1.06. The molecule has 0 spiro atoms. The van der Waals surface area contributed by atoms with Gasteiger partial charge >= 0.3 is 12.3 Å². The maximum Gasteiger partial charge on any atom is 0.519 e. The Morgan fingerprint density at radius 3 is 1.68 bits per heavy atom. The number of hydrogen-bond donors (Lipinski definition) is 2. The SMILES string of the molecule is C.CC(C)(C)OC(=O)OC(=O)OC(C)(C)C.OCC1CCCCCC1.OCC1CCCCN(Cc2ccccc2)C1. The smallest absolute Gasteiger partial charge is 0.428 e. The topological polar surface area (TPSA) is 106 Å². The largest absolute Gasteiger partial charge is 0.519 e. The molecule has 1 aliphatic heterocycles. The summed E-state index contributed by atoms with van der Waals surface area (Å²) < 4.78 is 13.8. The Bertz CT molecular complexity index is 783. The molecule has 2 fully saturated rings. The third-order valence-electron chi connectivity index (χ3n) is 6.54. The predicted molar refractivity (Wildman–Crippen MR) is 165 cm³/mol. The summed E-state index contributed by atoms with van der Waals surface area (Å²) in [7, 11) is 0. The van der Waals surface area contributed by atoms with Crippen molar-refractivity contribution < 1.29 is 34.0 Å². The highest BCUT2D eigenvalue weighted by Crippen LogP contribution is 2.22. The van der Waals surface area contributed by atoms with Crippen molar-refractivity contribution in [2.45, 2.75) is 125 Å². The van der Waals surface area contributed by atoms with Gasteiger partial charge in [0, 0.05) is 26.3 Å². The number of aliphatic hydroxyl groups is 2. The van der Waals surface area contributed by atoms with Gasteiger partial charge in [0.05, 0.1) is 0 Å². The van der Waals surface area contributed by atoms with Gasteiger partial charge in [-0.15, -0.1) is 0 Å². The third-order valence-corrected chi connectivity index (χ3v) is 6.54. The van der Waals surface area contributed by atoms with E-state index in [2.05, 4.69) is 40.0 Å². The lowest BCUT2D eigenvalue weighted by Crippen LogP contribution is -2.29. The second-order valence-corrected chi connectivity index (χ2v) is 12.8. The molecule has 1 aliphatic carbocycles. The van der Waals surface area contributed by atoms with Gasteiger partial charge in [-0.25, -0.2) is 9.59 Å². The molecule has 1 atom stereocenters. The van der Waals surface area contributed by atoms with E-state index in [9.17, 15) is 14.7 Å². The average Bonchev–Trinajstić information content (AvgIpc) is 3.26. The molecule has 41 heavy (non-hydrogen) atoms. The predicted octanol–water partition coefficient (Wildman–Crippen LogP) is 7.74. The van der Waals surface area contributed by atoms with Gasteiger partial charge < -0.3 is 24.4 Å². The molecule has 238 valence electrons. The van der Waals surface area contributed by atoms with Crippen molar-refractivity contribution in [1.29, 1.82) is 0 Å². The van der Waals surface area contributed by atoms with E-state index in [-0.39, 0.29) is 7.43 Å². The Morgan fingerprint density at radius 1 is 0.756 bits per heavy atom. The van der Waals surface area contributed by atoms with E-state index < -0.39 is 23.5 Å². The zero-order valence-electron chi connectivity index (χ0n) is 25.8. The molecule has 1 aromatic rings. The Morgan fingerprint density at radius 2 is 1.22 bits per heavy atom. The number of nitrogens with zero attached hydrogens (tertiary/aromatic N) is 1. The molecule has 2 aliphatic rings. The van der Waals surface area contributed by atoms with Crippen LogP contribution < -0.4 is 0 Å². The number of aliphatic hydroxyl groups excluding tert-OH is 2. The first-order valence-electron chi connectivity index (χ1n) is 14.9. The van der Waals surface area contributed by atoms with E-state index in [1.54, 1.807) is 41.5 Å². The minimum absolute atomic E-state index is 0. The molecule has 1 aromatic carbocycles. The summed E-state index contributed by atoms with van der Waals surface area (Å²) in [5, 5.41) is 18.1. The first-order chi connectivity index (χ1) is 18.8. The van der Waals surface area contributed by atoms with Crippen LogP contribution in [-0.2, 0) is 20.8 Å². The third kappa shape index (κ3) is 21.2. The molecule has 0 radical (unpaired) electrons. The lowest BCUT2D eigenvalue weighted by Gasteiger charge is -2.23. The molecular formula is C33H59NO7. The van der Waals surface area contributed by atoms with Crippen LogP contribution in [0.5, 0.6) is 0 Å². The number of benzene rings is 1. The summed E-state index contributed by atoms with van der Waals surface area (Å²) in [5.41, 5.74) is -0.0147. The molecule has 1 saturated carbocycles. The van der Waals surface area contributed by atoms with E-state index >= 15 is 0 Å². The molecule has 1 saturated heterocycles. The normalized spacial score (nSPS) is 18.5. The molecule has 1 unspecified atom stereocenters. The van der Waals surface area contributed by atoms with Crippen molar-refractivity contribution in [1.82, 2.24) is 4.90 Å². The van der Waals surface area contributed by atoms with Gasteiger partial charge in [-0.2, -0.15) is 0 Å². The number of rotatable bonds is 4. The van der Waals surface area contributed by atoms with Crippen LogP contribution in [0.1, 0.15) is 112 Å². The van der Waals surface area contributed by atoms with Crippen molar-refractivity contribution in [3.05, 3.63) is 35.9 Å². The summed E-state index contributed by atoms with van der Waals surface area (Å²) >= 11 is 0. The number of hydrogen-bond acceptors (Lipinski definition) is 8. The van der Waals surface area contributed by atoms with Gasteiger partial charge in [0.15, 0.2) is 0 Å². The summed E-state index contributed by atoms with van der Waals surface area (Å²) in [6.45, 7) is 14.0. The van der Waals surface area contributed by atoms with Gasteiger partial charge in [-0.05, 0) is 91.2 Å². The van der Waals surface area contributed by atoms with Crippen LogP contribution in [0.4, 0.5) is 9.59 Å². The molecule has 3 rings (SSSR count). The highest BCUT2D eigenvalue weighted by Gasteiger charge is 2.24. The monoisotopic (exact) mass is 581 g/mol. The van der Waals surface area contributed by atoms with E-state index in [4.69, 9.17) is 14.6 Å². The van der Waals surface area contributed by atoms with Gasteiger partial charge in [-0.1, -0.05) is 69.9 Å². The Balaban J connectivity index is 0.000000600. The first-order valence-corrected chi connectivity index (χ1v) is 14.9. The van der Waals surface area contributed by atoms with Crippen LogP contribution in [-0.4, -0.2) is 64.9 Å². The highest BCUT2D eigenvalue weighted by atomic mass is 16.8. The van der Waals surface area contributed by atoms with Crippen molar-refractivity contribution in [2.75, 3.05) is 26.3 Å². The fraction of sp³-hybridized carbons (Fsp3) is 0.758. The lowest BCUT2D eigenvalue weighted by molar-refractivity contribution is -0.0293. The van der Waals surface area contributed by atoms with Crippen molar-refractivity contribution in [2.24, 2.45) is 11.8 Å². The molecule has 1 heterocycles. The molecule has 0 bridgehead atoms. The number of ether oxygens (including phenoxy) is 3. The Kier molecular flexibility index (Phi) is 19.6. The summed E-state index contributed by atoms with van der Waals surface area (Å²) in [6, 6.07) is 10.6. The fourth-order valence-corrected chi connectivity index (χ4v) is 4.61. The molecule has 0 aromatic heterocycles. The van der Waals surface area contributed by atoms with Gasteiger partial charge in [0.25, 0.3) is 0 Å². The molecule has 8 heteroatoms. The highest BCUT2D eigenvalue weighted by molar-refractivity contribution is 5.77. The van der Waals surface area contributed by atoms with E-state index in [0.717, 1.165) is 13.1 Å². The first kappa shape index (κ1) is 38.8. The number of carbonyl (C=O) groups is 2. The van der Waals surface area contributed by atoms with Crippen molar-refractivity contribution in [3.63, 3.8) is 0 Å². The van der Waals surface area contributed by atoms with Gasteiger partial charge in [0.2, 0.25) is 0 Å². The summed E-state index contributed by atoms with van der Waals surface area (Å²) in [4.78, 5) is 24.5. The zero-order chi connectivity index (χ0) is 30.0. The zero-order valence-corrected chi connectivity index (χ0v) is 25.8. The van der Waals surface area contributed by atoms with E-state index in [1.165, 1.54) is 69.9 Å². The number of likely N-dealkylation sites (tertiary alicyclic amines) is 1. The van der Waals surface area contributed by atoms with Crippen LogP contribution in [0.25, 0.3) is 0 Å². The van der Waals surface area contributed by atoms with Crippen molar-refractivity contribution >= 4 is 12.3 Å². The van der Waals surface area contributed by atoms with E-state index in [1.807, 2.05) is 0 Å². The minimum Gasteiger partial charge on any atom is -0.428 e. The van der Waals surface area contributed by atoms with Crippen LogP contribution in [0.15, 0.2) is 30.3 Å². The Hall–Kier alpha value is -2.16. The number of carbonyl (C=O) groups excluding carboxylic acids is 2. The van der Waals surface area contributed by atoms with Crippen LogP contribution in [0.3, 0.4) is 0 Å². The maximum atomic E-state index is 11.0. The van der Waals surface area contributed by atoms with Crippen molar-refractivity contribution in [3.8, 4) is 0 Å². The van der Waals surface area contributed by atoms with E-state index in [0.29, 0.717) is 25.0 Å². The fourth-order valence-electron chi connectivity index (χ4n) is 4.61. The second kappa shape index (κ2) is 20.7. The van der Waals surface area contributed by atoms with Crippen LogP contribution in [0.2, 0.25) is 0 Å². The molecule has 0 amide bonds. The Labute approximate surface area is 249 Å². The molecule has 2 N–H and O–H groups in total. The standard InChI is InChI=1S/C14H21NO.C10H18O5.C8H16O.CH4/c16-12-14-8-4-5-9-15(11-14)10-13-6-2-1-3-7-13;1-9(2,3)14-7(11)13-8(12)15-10(4,5)6;9-7-8-5-3-1-2-4-6-8;/h1-3,6-7,14,16H,4-5,8-12H2;1-6H3;8-9H,1-7H2;1H4. The molecule has 8 nitrogen and oxygen atoms in total. The van der Waals surface area contributed by atoms with Gasteiger partial charge in [-0.3, -0.25) is 4.90 Å². The average molecular weight is 582 g/mol. The van der Waals surface area contributed by atoms with Gasteiger partial charge in [0.1, 0.15) is 11.2 Å². The maximum absolute atomic E-state index is 11.0. The lowest BCUT2D eigenvalue weighted by atomic mass is 10.0. The second-order valence-electron chi connectivity index (χ2n) is 12.8. The molecular weight excluding hydrogens is 522 g/mol. The quantitative estimate of drug-likeness (QED) is 0.211. The van der Waals surface area contributed by atoms with Crippen LogP contribution >= 0.6 is 0 Å².